The minimum atomic E-state index is 0. The molecular formula is C10H24IN3O. The van der Waals surface area contributed by atoms with E-state index < -0.39 is 0 Å². The lowest BCUT2D eigenvalue weighted by atomic mass is 10.2. The first kappa shape index (κ1) is 17.4. The van der Waals surface area contributed by atoms with Crippen LogP contribution in [0.5, 0.6) is 0 Å². The molecule has 1 atom stereocenters. The molecule has 0 aromatic carbocycles. The molecule has 4 nitrogen and oxygen atoms in total. The number of nitrogens with zero attached hydrogens (tertiary/aromatic N) is 1. The number of hydrogen-bond acceptors (Lipinski definition) is 2. The number of guanidine groups is 1. The average Bonchev–Trinajstić information content (AvgIpc) is 2.21. The third-order valence-electron chi connectivity index (χ3n) is 1.76. The fourth-order valence-corrected chi connectivity index (χ4v) is 0.890. The molecule has 0 saturated carbocycles. The van der Waals surface area contributed by atoms with Crippen molar-refractivity contribution in [1.29, 1.82) is 0 Å². The summed E-state index contributed by atoms with van der Waals surface area (Å²) in [5.41, 5.74) is 0. The van der Waals surface area contributed by atoms with Crippen LogP contribution in [0, 0.1) is 5.92 Å². The number of hydrogen-bond donors (Lipinski definition) is 3. The number of rotatable bonds is 6. The lowest BCUT2D eigenvalue weighted by Crippen LogP contribution is -2.38. The summed E-state index contributed by atoms with van der Waals surface area (Å²) in [5, 5.41) is 15.2. The van der Waals surface area contributed by atoms with E-state index in [1.54, 1.807) is 0 Å². The summed E-state index contributed by atoms with van der Waals surface area (Å²) < 4.78 is 0. The third kappa shape index (κ3) is 10.2. The molecule has 5 heteroatoms. The second-order valence-electron chi connectivity index (χ2n) is 3.43. The topological polar surface area (TPSA) is 56.7 Å². The largest absolute Gasteiger partial charge is 0.396 e. The van der Waals surface area contributed by atoms with Crippen molar-refractivity contribution in [3.05, 3.63) is 0 Å². The summed E-state index contributed by atoms with van der Waals surface area (Å²) in [4.78, 5) is 4.36. The quantitative estimate of drug-likeness (QED) is 0.390. The van der Waals surface area contributed by atoms with Gasteiger partial charge in [-0.3, -0.25) is 4.99 Å². The van der Waals surface area contributed by atoms with Crippen LogP contribution in [0.3, 0.4) is 0 Å². The number of aliphatic hydroxyl groups excluding tert-OH is 1. The maximum atomic E-state index is 8.84. The van der Waals surface area contributed by atoms with Crippen LogP contribution in [0.2, 0.25) is 0 Å². The molecule has 0 bridgehead atoms. The van der Waals surface area contributed by atoms with Crippen LogP contribution >= 0.6 is 24.0 Å². The van der Waals surface area contributed by atoms with Gasteiger partial charge in [-0.15, -0.1) is 24.0 Å². The SMILES string of the molecule is CCCNC(=NCC(C)CO)NCC.I. The van der Waals surface area contributed by atoms with E-state index in [1.165, 1.54) is 0 Å². The van der Waals surface area contributed by atoms with Crippen molar-refractivity contribution >= 4 is 29.9 Å². The zero-order valence-electron chi connectivity index (χ0n) is 9.92. The molecule has 0 aliphatic carbocycles. The van der Waals surface area contributed by atoms with E-state index in [1.807, 2.05) is 13.8 Å². The average molecular weight is 329 g/mol. The first-order valence-corrected chi connectivity index (χ1v) is 5.37. The molecule has 0 rings (SSSR count). The molecule has 3 N–H and O–H groups in total. The molecular weight excluding hydrogens is 305 g/mol. The van der Waals surface area contributed by atoms with E-state index >= 15 is 0 Å². The van der Waals surface area contributed by atoms with Gasteiger partial charge in [-0.1, -0.05) is 13.8 Å². The van der Waals surface area contributed by atoms with Crippen molar-refractivity contribution in [3.63, 3.8) is 0 Å². The van der Waals surface area contributed by atoms with Crippen LogP contribution < -0.4 is 10.6 Å². The van der Waals surface area contributed by atoms with Crippen molar-refractivity contribution in [2.45, 2.75) is 27.2 Å². The minimum Gasteiger partial charge on any atom is -0.396 e. The van der Waals surface area contributed by atoms with Gasteiger partial charge in [0.2, 0.25) is 0 Å². The minimum absolute atomic E-state index is 0. The van der Waals surface area contributed by atoms with Gasteiger partial charge in [0, 0.05) is 26.2 Å². The highest BCUT2D eigenvalue weighted by atomic mass is 127. The highest BCUT2D eigenvalue weighted by molar-refractivity contribution is 14.0. The van der Waals surface area contributed by atoms with E-state index in [0.29, 0.717) is 6.54 Å². The zero-order valence-corrected chi connectivity index (χ0v) is 12.2. The standard InChI is InChI=1S/C10H23N3O.HI/c1-4-6-12-10(11-5-2)13-7-9(3)8-14;/h9,14H,4-8H2,1-3H3,(H2,11,12,13);1H. The van der Waals surface area contributed by atoms with Crippen LogP contribution in [-0.2, 0) is 0 Å². The van der Waals surface area contributed by atoms with E-state index in [4.69, 9.17) is 5.11 Å². The van der Waals surface area contributed by atoms with Gasteiger partial charge in [0.05, 0.1) is 0 Å². The van der Waals surface area contributed by atoms with Crippen molar-refractivity contribution in [2.75, 3.05) is 26.2 Å². The van der Waals surface area contributed by atoms with Gasteiger partial charge in [0.1, 0.15) is 0 Å². The molecule has 92 valence electrons. The van der Waals surface area contributed by atoms with Crippen molar-refractivity contribution < 1.29 is 5.11 Å². The highest BCUT2D eigenvalue weighted by Crippen LogP contribution is 1.92. The number of nitrogens with one attached hydrogen (secondary N) is 2. The summed E-state index contributed by atoms with van der Waals surface area (Å²) in [7, 11) is 0. The first-order valence-electron chi connectivity index (χ1n) is 5.37. The molecule has 0 heterocycles. The molecule has 0 aliphatic heterocycles. The lowest BCUT2D eigenvalue weighted by molar-refractivity contribution is 0.241. The van der Waals surface area contributed by atoms with E-state index in [-0.39, 0.29) is 36.5 Å². The summed E-state index contributed by atoms with van der Waals surface area (Å²) in [5.74, 6) is 1.07. The number of aliphatic imine (C=N–C) groups is 1. The second kappa shape index (κ2) is 12.0. The summed E-state index contributed by atoms with van der Waals surface area (Å²) in [6.07, 6.45) is 1.08. The van der Waals surface area contributed by atoms with Crippen LogP contribution in [-0.4, -0.2) is 37.3 Å². The Morgan fingerprint density at radius 2 is 2.00 bits per heavy atom. The molecule has 0 amide bonds. The Kier molecular flexibility index (Phi) is 13.9. The summed E-state index contributed by atoms with van der Waals surface area (Å²) in [6.45, 7) is 8.78. The molecule has 15 heavy (non-hydrogen) atoms. The van der Waals surface area contributed by atoms with Crippen LogP contribution in [0.15, 0.2) is 4.99 Å². The maximum Gasteiger partial charge on any atom is 0.191 e. The van der Waals surface area contributed by atoms with Crippen LogP contribution in [0.4, 0.5) is 0 Å². The number of halogens is 1. The van der Waals surface area contributed by atoms with E-state index in [9.17, 15) is 0 Å². The van der Waals surface area contributed by atoms with Crippen LogP contribution in [0.25, 0.3) is 0 Å². The fraction of sp³-hybridized carbons (Fsp3) is 0.900. The Morgan fingerprint density at radius 1 is 1.33 bits per heavy atom. The molecule has 1 unspecified atom stereocenters. The predicted molar refractivity (Wildman–Crippen MR) is 75.9 cm³/mol. The smallest absolute Gasteiger partial charge is 0.191 e. The summed E-state index contributed by atoms with van der Waals surface area (Å²) >= 11 is 0. The van der Waals surface area contributed by atoms with Gasteiger partial charge in [0.15, 0.2) is 5.96 Å². The third-order valence-corrected chi connectivity index (χ3v) is 1.76. The Hall–Kier alpha value is -0.0400. The van der Waals surface area contributed by atoms with Gasteiger partial charge in [-0.25, -0.2) is 0 Å². The molecule has 0 aliphatic rings. The van der Waals surface area contributed by atoms with Gasteiger partial charge < -0.3 is 15.7 Å². The zero-order chi connectivity index (χ0) is 10.8. The summed E-state index contributed by atoms with van der Waals surface area (Å²) in [6, 6.07) is 0. The highest BCUT2D eigenvalue weighted by Gasteiger charge is 1.99. The normalized spacial score (nSPS) is 12.9. The lowest BCUT2D eigenvalue weighted by Gasteiger charge is -2.11. The molecule has 0 spiro atoms. The molecule has 0 fully saturated rings. The van der Waals surface area contributed by atoms with E-state index in [2.05, 4.69) is 22.5 Å². The Morgan fingerprint density at radius 3 is 2.47 bits per heavy atom. The van der Waals surface area contributed by atoms with Gasteiger partial charge >= 0.3 is 0 Å². The van der Waals surface area contributed by atoms with Gasteiger partial charge in [-0.2, -0.15) is 0 Å². The Balaban J connectivity index is 0. The molecule has 0 aromatic rings. The van der Waals surface area contributed by atoms with Gasteiger partial charge in [-0.05, 0) is 19.3 Å². The number of aliphatic hydroxyl groups is 1. The predicted octanol–water partition coefficient (Wildman–Crippen LogP) is 1.20. The maximum absolute atomic E-state index is 8.84. The van der Waals surface area contributed by atoms with Crippen molar-refractivity contribution in [3.8, 4) is 0 Å². The van der Waals surface area contributed by atoms with E-state index in [0.717, 1.165) is 25.5 Å². The van der Waals surface area contributed by atoms with Gasteiger partial charge in [0.25, 0.3) is 0 Å². The Bertz CT molecular complexity index is 165. The van der Waals surface area contributed by atoms with Crippen molar-refractivity contribution in [1.82, 2.24) is 10.6 Å². The molecule has 0 radical (unpaired) electrons. The molecule has 0 saturated heterocycles. The fourth-order valence-electron chi connectivity index (χ4n) is 0.890. The monoisotopic (exact) mass is 329 g/mol. The second-order valence-corrected chi connectivity index (χ2v) is 3.43. The first-order chi connectivity index (χ1) is 6.74. The Labute approximate surface area is 110 Å². The van der Waals surface area contributed by atoms with Crippen molar-refractivity contribution in [2.24, 2.45) is 10.9 Å². The molecule has 0 aromatic heterocycles. The van der Waals surface area contributed by atoms with Crippen LogP contribution in [0.1, 0.15) is 27.2 Å².